The van der Waals surface area contributed by atoms with Crippen molar-refractivity contribution in [3.05, 3.63) is 64.8 Å². The number of hydrogen-bond acceptors (Lipinski definition) is 3. The van der Waals surface area contributed by atoms with E-state index < -0.39 is 0 Å². The Morgan fingerprint density at radius 1 is 1.13 bits per heavy atom. The molecule has 0 radical (unpaired) electrons. The van der Waals surface area contributed by atoms with Gasteiger partial charge in [-0.2, -0.15) is 0 Å². The topological polar surface area (TPSA) is 51.3 Å². The van der Waals surface area contributed by atoms with Crippen molar-refractivity contribution in [2.75, 3.05) is 6.61 Å². The highest BCUT2D eigenvalue weighted by Crippen LogP contribution is 2.30. The first-order valence-corrected chi connectivity index (χ1v) is 7.67. The van der Waals surface area contributed by atoms with Crippen LogP contribution in [0.4, 0.5) is 0 Å². The minimum atomic E-state index is 0.339. The monoisotopic (exact) mass is 329 g/mol. The van der Waals surface area contributed by atoms with Gasteiger partial charge < -0.3 is 14.5 Å². The predicted octanol–water partition coefficient (Wildman–Crippen LogP) is 4.12. The number of H-pyrrole nitrogens is 1. The molecule has 0 bridgehead atoms. The number of aromatic amines is 1. The van der Waals surface area contributed by atoms with Gasteiger partial charge in [0.05, 0.1) is 17.1 Å². The van der Waals surface area contributed by atoms with Crippen LogP contribution in [0.1, 0.15) is 11.3 Å². The Balaban J connectivity index is 1.75. The number of hydrogen-bond donors (Lipinski definition) is 1. The van der Waals surface area contributed by atoms with Gasteiger partial charge in [-0.3, -0.25) is 4.79 Å². The first-order chi connectivity index (χ1) is 11.3. The first kappa shape index (κ1) is 15.4. The molecule has 0 atom stereocenters. The van der Waals surface area contributed by atoms with Crippen LogP contribution in [0.5, 0.6) is 5.75 Å². The number of aromatic nitrogens is 1. The van der Waals surface area contributed by atoms with Crippen LogP contribution in [-0.2, 0) is 22.6 Å². The van der Waals surface area contributed by atoms with Crippen LogP contribution in [0, 0.1) is 0 Å². The van der Waals surface area contributed by atoms with Gasteiger partial charge in [0.25, 0.3) is 6.47 Å². The van der Waals surface area contributed by atoms with Crippen LogP contribution in [-0.4, -0.2) is 18.1 Å². The third kappa shape index (κ3) is 3.85. The van der Waals surface area contributed by atoms with Gasteiger partial charge >= 0.3 is 0 Å². The Morgan fingerprint density at radius 2 is 1.96 bits per heavy atom. The van der Waals surface area contributed by atoms with E-state index in [9.17, 15) is 4.79 Å². The molecule has 0 aliphatic heterocycles. The first-order valence-electron chi connectivity index (χ1n) is 7.29. The Hall–Kier alpha value is -2.46. The highest BCUT2D eigenvalue weighted by atomic mass is 35.5. The summed E-state index contributed by atoms with van der Waals surface area (Å²) in [7, 11) is 0. The lowest BCUT2D eigenvalue weighted by atomic mass is 10.2. The van der Waals surface area contributed by atoms with Crippen molar-refractivity contribution in [2.45, 2.75) is 13.0 Å². The van der Waals surface area contributed by atoms with Crippen LogP contribution < -0.4 is 4.74 Å². The number of benzene rings is 2. The Morgan fingerprint density at radius 3 is 2.74 bits per heavy atom. The molecule has 118 valence electrons. The Bertz CT molecular complexity index is 799. The van der Waals surface area contributed by atoms with Crippen LogP contribution in [0.15, 0.2) is 48.5 Å². The Labute approximate surface area is 139 Å². The molecule has 23 heavy (non-hydrogen) atoms. The zero-order valence-electron chi connectivity index (χ0n) is 12.4. The summed E-state index contributed by atoms with van der Waals surface area (Å²) in [4.78, 5) is 13.5. The summed E-state index contributed by atoms with van der Waals surface area (Å²) in [5.41, 5.74) is 2.97. The van der Waals surface area contributed by atoms with E-state index in [0.717, 1.165) is 22.2 Å². The summed E-state index contributed by atoms with van der Waals surface area (Å²) in [6.45, 7) is 1.28. The van der Waals surface area contributed by atoms with Crippen LogP contribution >= 0.6 is 11.6 Å². The van der Waals surface area contributed by atoms with E-state index in [4.69, 9.17) is 21.1 Å². The molecule has 1 aromatic heterocycles. The van der Waals surface area contributed by atoms with Gasteiger partial charge in [-0.05, 0) is 17.7 Å². The summed E-state index contributed by atoms with van der Waals surface area (Å²) in [5, 5.41) is 1.56. The number of carbonyl (C=O) groups is 1. The van der Waals surface area contributed by atoms with Gasteiger partial charge in [-0.15, -0.1) is 0 Å². The fourth-order valence-electron chi connectivity index (χ4n) is 2.40. The number of fused-ring (bicyclic) bond motifs is 1. The maximum atomic E-state index is 10.2. The molecule has 0 unspecified atom stereocenters. The second-order valence-corrected chi connectivity index (χ2v) is 5.56. The number of halogens is 1. The number of nitrogens with one attached hydrogen (secondary N) is 1. The maximum absolute atomic E-state index is 10.2. The van der Waals surface area contributed by atoms with Crippen molar-refractivity contribution in [2.24, 2.45) is 0 Å². The summed E-state index contributed by atoms with van der Waals surface area (Å²) in [5.74, 6) is 0.712. The summed E-state index contributed by atoms with van der Waals surface area (Å²) < 4.78 is 10.5. The summed E-state index contributed by atoms with van der Waals surface area (Å²) >= 11 is 6.33. The van der Waals surface area contributed by atoms with Crippen molar-refractivity contribution in [1.82, 2.24) is 4.98 Å². The average Bonchev–Trinajstić information content (AvgIpc) is 2.98. The second-order valence-electron chi connectivity index (χ2n) is 5.15. The smallest absolute Gasteiger partial charge is 0.293 e. The molecule has 1 heterocycles. The molecule has 0 spiro atoms. The minimum absolute atomic E-state index is 0.339. The highest BCUT2D eigenvalue weighted by Gasteiger charge is 2.08. The molecular weight excluding hydrogens is 314 g/mol. The van der Waals surface area contributed by atoms with Gasteiger partial charge in [0.15, 0.2) is 0 Å². The average molecular weight is 330 g/mol. The normalized spacial score (nSPS) is 10.7. The molecule has 0 amide bonds. The lowest BCUT2D eigenvalue weighted by Gasteiger charge is -2.07. The van der Waals surface area contributed by atoms with E-state index in [1.165, 1.54) is 0 Å². The largest absolute Gasteiger partial charge is 0.489 e. The van der Waals surface area contributed by atoms with Gasteiger partial charge in [0, 0.05) is 23.6 Å². The van der Waals surface area contributed by atoms with Crippen molar-refractivity contribution in [3.8, 4) is 5.75 Å². The zero-order chi connectivity index (χ0) is 16.1. The van der Waals surface area contributed by atoms with Crippen LogP contribution in [0.25, 0.3) is 10.9 Å². The molecule has 1 N–H and O–H groups in total. The van der Waals surface area contributed by atoms with Gasteiger partial charge in [-0.25, -0.2) is 0 Å². The molecule has 0 aliphatic carbocycles. The van der Waals surface area contributed by atoms with E-state index in [1.807, 2.05) is 48.5 Å². The van der Waals surface area contributed by atoms with E-state index >= 15 is 0 Å². The third-order valence-electron chi connectivity index (χ3n) is 3.52. The molecule has 0 aliphatic rings. The number of rotatable bonds is 7. The predicted molar refractivity (Wildman–Crippen MR) is 89.8 cm³/mol. The molecule has 3 aromatic rings. The van der Waals surface area contributed by atoms with E-state index in [0.29, 0.717) is 36.9 Å². The summed E-state index contributed by atoms with van der Waals surface area (Å²) in [6.07, 6.45) is 0.615. The number of carbonyl (C=O) groups excluding carboxylic acids is 1. The SMILES string of the molecule is O=COCCc1cc2c(Cl)cc(OCc3ccccc3)cc2[nH]1. The second kappa shape index (κ2) is 7.20. The van der Waals surface area contributed by atoms with Crippen LogP contribution in [0.3, 0.4) is 0 Å². The van der Waals surface area contributed by atoms with E-state index in [1.54, 1.807) is 0 Å². The van der Waals surface area contributed by atoms with Gasteiger partial charge in [0.2, 0.25) is 0 Å². The molecule has 3 rings (SSSR count). The molecule has 2 aromatic carbocycles. The van der Waals surface area contributed by atoms with Crippen molar-refractivity contribution < 1.29 is 14.3 Å². The van der Waals surface area contributed by atoms with E-state index in [2.05, 4.69) is 4.98 Å². The van der Waals surface area contributed by atoms with Gasteiger partial charge in [-0.1, -0.05) is 41.9 Å². The molecule has 0 saturated carbocycles. The fraction of sp³-hybridized carbons (Fsp3) is 0.167. The molecule has 0 saturated heterocycles. The van der Waals surface area contributed by atoms with Crippen molar-refractivity contribution in [1.29, 1.82) is 0 Å². The van der Waals surface area contributed by atoms with Crippen molar-refractivity contribution >= 4 is 29.0 Å². The maximum Gasteiger partial charge on any atom is 0.293 e. The van der Waals surface area contributed by atoms with Crippen LogP contribution in [0.2, 0.25) is 5.02 Å². The lowest BCUT2D eigenvalue weighted by Crippen LogP contribution is -1.96. The molecule has 4 nitrogen and oxygen atoms in total. The zero-order valence-corrected chi connectivity index (χ0v) is 13.2. The number of ether oxygens (including phenoxy) is 2. The molecule has 0 fully saturated rings. The minimum Gasteiger partial charge on any atom is -0.489 e. The van der Waals surface area contributed by atoms with E-state index in [-0.39, 0.29) is 0 Å². The van der Waals surface area contributed by atoms with Gasteiger partial charge in [0.1, 0.15) is 12.4 Å². The molecular formula is C18H16ClNO3. The van der Waals surface area contributed by atoms with Crippen molar-refractivity contribution in [3.63, 3.8) is 0 Å². The Kier molecular flexibility index (Phi) is 4.83. The standard InChI is InChI=1S/C18H16ClNO3/c19-17-9-15(23-11-13-4-2-1-3-5-13)10-18-16(17)8-14(20-18)6-7-22-12-21/h1-5,8-10,12,20H,6-7,11H2. The molecule has 5 heteroatoms. The highest BCUT2D eigenvalue weighted by molar-refractivity contribution is 6.35. The third-order valence-corrected chi connectivity index (χ3v) is 3.84. The lowest BCUT2D eigenvalue weighted by molar-refractivity contribution is -0.128. The fourth-order valence-corrected chi connectivity index (χ4v) is 2.67. The quantitative estimate of drug-likeness (QED) is 0.524. The summed E-state index contributed by atoms with van der Waals surface area (Å²) in [6, 6.07) is 15.7.